The maximum Gasteiger partial charge on any atom is 0.225 e. The lowest BCUT2D eigenvalue weighted by molar-refractivity contribution is 0.384. The van der Waals surface area contributed by atoms with E-state index in [1.165, 1.54) is 0 Å². The van der Waals surface area contributed by atoms with E-state index in [2.05, 4.69) is 51.0 Å². The lowest BCUT2D eigenvalue weighted by atomic mass is 9.94. The number of aliphatic imine (C=N–C) groups is 2. The summed E-state index contributed by atoms with van der Waals surface area (Å²) in [6.07, 6.45) is 6.66. The third kappa shape index (κ3) is 5.48. The molecule has 0 amide bonds. The maximum atomic E-state index is 9.95. The largest absolute Gasteiger partial charge is 0.507 e. The number of piperidine rings is 1. The number of aromatic nitrogens is 4. The predicted octanol–water partition coefficient (Wildman–Crippen LogP) is 2.72. The molecule has 3 heterocycles. The molecule has 1 aliphatic rings. The summed E-state index contributed by atoms with van der Waals surface area (Å²) in [6.45, 7) is 2.52. The molecule has 1 fully saturated rings. The van der Waals surface area contributed by atoms with Crippen molar-refractivity contribution in [1.82, 2.24) is 20.2 Å². The van der Waals surface area contributed by atoms with Crippen LogP contribution < -0.4 is 16.4 Å². The van der Waals surface area contributed by atoms with Gasteiger partial charge < -0.3 is 21.5 Å². The lowest BCUT2D eigenvalue weighted by Gasteiger charge is -2.31. The highest BCUT2D eigenvalue weighted by atomic mass is 79.9. The quantitative estimate of drug-likeness (QED) is 0.280. The average molecular weight is 512 g/mol. The number of rotatable bonds is 7. The van der Waals surface area contributed by atoms with Crippen molar-refractivity contribution < 1.29 is 5.11 Å². The molecule has 0 atom stereocenters. The standard InChI is InChI=1S/C22H26BrN9O/c23-17-18(30-31-21(17)29-19(24)15-4-1-2-5-16(15)33)20(25)26-11-6-14-7-12-32(13-8-14)22-27-9-3-10-28-22/h1-5,9-10,14,33H,6-8,11-13H2,(H2,25,26)(H3,24,29,30,31). The van der Waals surface area contributed by atoms with Crippen LogP contribution >= 0.6 is 15.9 Å². The Kier molecular flexibility index (Phi) is 7.18. The van der Waals surface area contributed by atoms with Crippen molar-refractivity contribution in [2.45, 2.75) is 19.3 Å². The van der Waals surface area contributed by atoms with E-state index in [9.17, 15) is 5.11 Å². The molecule has 0 bridgehead atoms. The number of hydrogen-bond acceptors (Lipinski definition) is 7. The first kappa shape index (κ1) is 22.7. The van der Waals surface area contributed by atoms with E-state index in [0.717, 1.165) is 38.3 Å². The van der Waals surface area contributed by atoms with E-state index in [0.29, 0.717) is 39.8 Å². The number of anilines is 1. The number of nitrogens with two attached hydrogens (primary N) is 2. The Morgan fingerprint density at radius 2 is 1.85 bits per heavy atom. The van der Waals surface area contributed by atoms with Crippen molar-refractivity contribution in [1.29, 1.82) is 0 Å². The van der Waals surface area contributed by atoms with Crippen LogP contribution in [-0.2, 0) is 0 Å². The fourth-order valence-electron chi connectivity index (χ4n) is 3.75. The van der Waals surface area contributed by atoms with Crippen LogP contribution in [0.25, 0.3) is 0 Å². The Hall–Kier alpha value is -3.47. The summed E-state index contributed by atoms with van der Waals surface area (Å²) in [5.74, 6) is 2.27. The van der Waals surface area contributed by atoms with Crippen molar-refractivity contribution >= 4 is 39.4 Å². The number of phenols is 1. The highest BCUT2D eigenvalue weighted by molar-refractivity contribution is 9.10. The van der Waals surface area contributed by atoms with Crippen LogP contribution in [0.1, 0.15) is 30.5 Å². The van der Waals surface area contributed by atoms with E-state index in [4.69, 9.17) is 11.5 Å². The zero-order valence-corrected chi connectivity index (χ0v) is 19.6. The van der Waals surface area contributed by atoms with Crippen LogP contribution in [0.2, 0.25) is 0 Å². The second-order valence-corrected chi connectivity index (χ2v) is 8.58. The van der Waals surface area contributed by atoms with Gasteiger partial charge in [0, 0.05) is 32.0 Å². The van der Waals surface area contributed by atoms with E-state index >= 15 is 0 Å². The number of nitrogens with zero attached hydrogens (tertiary/aromatic N) is 6. The third-order valence-electron chi connectivity index (χ3n) is 5.62. The van der Waals surface area contributed by atoms with Gasteiger partial charge in [0.1, 0.15) is 23.1 Å². The normalized spacial score (nSPS) is 15.7. The minimum Gasteiger partial charge on any atom is -0.507 e. The van der Waals surface area contributed by atoms with Gasteiger partial charge in [-0.1, -0.05) is 12.1 Å². The number of nitrogens with one attached hydrogen (secondary N) is 1. The Bertz CT molecular complexity index is 1140. The summed E-state index contributed by atoms with van der Waals surface area (Å²) < 4.78 is 0.568. The van der Waals surface area contributed by atoms with Crippen LogP contribution in [0.15, 0.2) is 57.2 Å². The summed E-state index contributed by atoms with van der Waals surface area (Å²) in [4.78, 5) is 19.7. The first-order valence-electron chi connectivity index (χ1n) is 10.7. The molecular formula is C22H26BrN9O. The number of para-hydroxylation sites is 1. The number of aromatic amines is 1. The van der Waals surface area contributed by atoms with Crippen molar-refractivity contribution in [2.24, 2.45) is 27.4 Å². The molecule has 0 aliphatic carbocycles. The molecule has 0 unspecified atom stereocenters. The van der Waals surface area contributed by atoms with Gasteiger partial charge in [0.05, 0.1) is 10.0 Å². The molecule has 0 spiro atoms. The number of halogens is 1. The fourth-order valence-corrected chi connectivity index (χ4v) is 4.22. The van der Waals surface area contributed by atoms with Crippen molar-refractivity contribution in [2.75, 3.05) is 24.5 Å². The van der Waals surface area contributed by atoms with Gasteiger partial charge in [0.2, 0.25) is 5.95 Å². The third-order valence-corrected chi connectivity index (χ3v) is 6.37. The minimum atomic E-state index is 0.0498. The molecule has 2 aromatic heterocycles. The van der Waals surface area contributed by atoms with Crippen LogP contribution in [0.4, 0.5) is 11.8 Å². The average Bonchev–Trinajstić information content (AvgIpc) is 3.20. The molecular weight excluding hydrogens is 486 g/mol. The van der Waals surface area contributed by atoms with Crippen molar-refractivity contribution in [3.8, 4) is 5.75 Å². The van der Waals surface area contributed by atoms with Gasteiger partial charge >= 0.3 is 0 Å². The highest BCUT2D eigenvalue weighted by Gasteiger charge is 2.21. The molecule has 1 aliphatic heterocycles. The molecule has 1 aromatic carbocycles. The van der Waals surface area contributed by atoms with E-state index in [-0.39, 0.29) is 11.6 Å². The second-order valence-electron chi connectivity index (χ2n) is 7.79. The van der Waals surface area contributed by atoms with E-state index in [1.54, 1.807) is 36.7 Å². The van der Waals surface area contributed by atoms with Crippen LogP contribution in [0.5, 0.6) is 5.75 Å². The molecule has 10 nitrogen and oxygen atoms in total. The molecule has 33 heavy (non-hydrogen) atoms. The van der Waals surface area contributed by atoms with Crippen LogP contribution in [0.3, 0.4) is 0 Å². The molecule has 3 aromatic rings. The Morgan fingerprint density at radius 3 is 2.58 bits per heavy atom. The zero-order valence-electron chi connectivity index (χ0n) is 18.0. The van der Waals surface area contributed by atoms with E-state index < -0.39 is 0 Å². The smallest absolute Gasteiger partial charge is 0.225 e. The first-order chi connectivity index (χ1) is 16.0. The van der Waals surface area contributed by atoms with Crippen molar-refractivity contribution in [3.05, 3.63) is 58.5 Å². The SMILES string of the molecule is NC(=Nc1n[nH]c(C(N)=NCCC2CCN(c3ncccn3)CC2)c1Br)c1ccccc1O. The first-order valence-corrected chi connectivity index (χ1v) is 11.5. The van der Waals surface area contributed by atoms with E-state index in [1.807, 2.05) is 6.07 Å². The Labute approximate surface area is 200 Å². The van der Waals surface area contributed by atoms with Crippen LogP contribution in [0, 0.1) is 5.92 Å². The monoisotopic (exact) mass is 511 g/mol. The summed E-state index contributed by atoms with van der Waals surface area (Å²) >= 11 is 3.47. The van der Waals surface area contributed by atoms with Gasteiger partial charge in [-0.15, -0.1) is 0 Å². The van der Waals surface area contributed by atoms with Gasteiger partial charge in [-0.3, -0.25) is 10.1 Å². The topological polar surface area (TPSA) is 155 Å². The number of amidine groups is 2. The molecule has 0 saturated carbocycles. The summed E-state index contributed by atoms with van der Waals surface area (Å²) in [7, 11) is 0. The number of phenolic OH excluding ortho intramolecular Hbond substituents is 1. The number of H-pyrrole nitrogens is 1. The Balaban J connectivity index is 1.33. The number of benzene rings is 1. The summed E-state index contributed by atoms with van der Waals surface area (Å²) in [5, 5.41) is 17.0. The van der Waals surface area contributed by atoms with Gasteiger partial charge in [0.25, 0.3) is 0 Å². The minimum absolute atomic E-state index is 0.0498. The summed E-state index contributed by atoms with van der Waals surface area (Å²) in [5.41, 5.74) is 13.2. The number of hydrogen-bond donors (Lipinski definition) is 4. The van der Waals surface area contributed by atoms with Crippen molar-refractivity contribution in [3.63, 3.8) is 0 Å². The molecule has 1 saturated heterocycles. The van der Waals surface area contributed by atoms with Crippen LogP contribution in [-0.4, -0.2) is 56.6 Å². The number of aromatic hydroxyl groups is 1. The second kappa shape index (κ2) is 10.4. The molecule has 11 heteroatoms. The maximum absolute atomic E-state index is 9.95. The predicted molar refractivity (Wildman–Crippen MR) is 132 cm³/mol. The molecule has 172 valence electrons. The summed E-state index contributed by atoms with van der Waals surface area (Å²) in [6, 6.07) is 8.55. The highest BCUT2D eigenvalue weighted by Crippen LogP contribution is 2.28. The van der Waals surface area contributed by atoms with Gasteiger partial charge in [0.15, 0.2) is 5.82 Å². The van der Waals surface area contributed by atoms with Gasteiger partial charge in [-0.2, -0.15) is 5.10 Å². The molecule has 4 rings (SSSR count). The fraction of sp³-hybridized carbons (Fsp3) is 0.318. The van der Waals surface area contributed by atoms with Gasteiger partial charge in [-0.05, 0) is 59.3 Å². The zero-order chi connectivity index (χ0) is 23.2. The molecule has 6 N–H and O–H groups in total. The lowest BCUT2D eigenvalue weighted by Crippen LogP contribution is -2.35. The van der Waals surface area contributed by atoms with Gasteiger partial charge in [-0.25, -0.2) is 15.0 Å². The molecule has 0 radical (unpaired) electrons. The Morgan fingerprint density at radius 1 is 1.12 bits per heavy atom.